The fourth-order valence-corrected chi connectivity index (χ4v) is 3.88. The van der Waals surface area contributed by atoms with Gasteiger partial charge in [-0.3, -0.25) is 4.90 Å². The van der Waals surface area contributed by atoms with Gasteiger partial charge < -0.3 is 14.2 Å². The maximum atomic E-state index is 9.96. The zero-order valence-corrected chi connectivity index (χ0v) is 14.4. The van der Waals surface area contributed by atoms with Crippen molar-refractivity contribution in [2.24, 2.45) is 0 Å². The van der Waals surface area contributed by atoms with Gasteiger partial charge in [-0.15, -0.1) is 0 Å². The smallest absolute Gasteiger partial charge is 0.231 e. The first-order valence-electron chi connectivity index (χ1n) is 8.38. The van der Waals surface area contributed by atoms with Gasteiger partial charge in [0.2, 0.25) is 12.5 Å². The molecule has 2 atom stereocenters. The molecule has 2 aliphatic rings. The van der Waals surface area contributed by atoms with Crippen LogP contribution in [0.5, 0.6) is 17.2 Å². The van der Waals surface area contributed by atoms with E-state index in [9.17, 15) is 5.26 Å². The zero-order valence-electron chi connectivity index (χ0n) is 14.4. The molecule has 0 saturated carbocycles. The fourth-order valence-electron chi connectivity index (χ4n) is 3.88. The summed E-state index contributed by atoms with van der Waals surface area (Å²) in [5, 5.41) is 9.96. The average molecular weight is 336 g/mol. The van der Waals surface area contributed by atoms with Crippen LogP contribution in [0.15, 0.2) is 36.4 Å². The lowest BCUT2D eigenvalue weighted by atomic mass is 9.81. The summed E-state index contributed by atoms with van der Waals surface area (Å²) in [6.07, 6.45) is 0.891. The Hall–Kier alpha value is -2.71. The van der Waals surface area contributed by atoms with Gasteiger partial charge >= 0.3 is 0 Å². The topological polar surface area (TPSA) is 54.7 Å². The molecular formula is C20H20N2O3. The van der Waals surface area contributed by atoms with Crippen LogP contribution in [0.25, 0.3) is 0 Å². The van der Waals surface area contributed by atoms with Crippen molar-refractivity contribution in [1.82, 2.24) is 4.90 Å². The van der Waals surface area contributed by atoms with Crippen molar-refractivity contribution in [3.05, 3.63) is 53.1 Å². The van der Waals surface area contributed by atoms with Gasteiger partial charge in [-0.25, -0.2) is 0 Å². The predicted molar refractivity (Wildman–Crippen MR) is 93.0 cm³/mol. The molecule has 2 unspecified atom stereocenters. The Labute approximate surface area is 147 Å². The minimum Gasteiger partial charge on any atom is -0.492 e. The van der Waals surface area contributed by atoms with Gasteiger partial charge in [0, 0.05) is 12.1 Å². The van der Waals surface area contributed by atoms with Crippen LogP contribution in [-0.4, -0.2) is 32.4 Å². The first-order chi connectivity index (χ1) is 12.2. The van der Waals surface area contributed by atoms with Crippen molar-refractivity contribution >= 4 is 0 Å². The van der Waals surface area contributed by atoms with Gasteiger partial charge in [0.15, 0.2) is 11.5 Å². The zero-order chi connectivity index (χ0) is 17.4. The van der Waals surface area contributed by atoms with E-state index in [1.54, 1.807) is 7.11 Å². The lowest BCUT2D eigenvalue weighted by molar-refractivity contribution is 0.170. The van der Waals surface area contributed by atoms with Crippen molar-refractivity contribution in [2.75, 3.05) is 27.5 Å². The Morgan fingerprint density at radius 3 is 2.80 bits per heavy atom. The molecule has 0 N–H and O–H groups in total. The highest BCUT2D eigenvalue weighted by molar-refractivity contribution is 5.62. The fraction of sp³-hybridized carbons (Fsp3) is 0.350. The normalized spacial score (nSPS) is 19.8. The first kappa shape index (κ1) is 15.8. The molecule has 25 heavy (non-hydrogen) atoms. The van der Waals surface area contributed by atoms with Crippen molar-refractivity contribution in [3.63, 3.8) is 0 Å². The summed E-state index contributed by atoms with van der Waals surface area (Å²) in [4.78, 5) is 2.23. The maximum Gasteiger partial charge on any atom is 0.231 e. The number of methoxy groups -OCH3 is 1. The van der Waals surface area contributed by atoms with Crippen LogP contribution in [0.4, 0.5) is 0 Å². The first-order valence-corrected chi connectivity index (χ1v) is 8.38. The van der Waals surface area contributed by atoms with E-state index in [4.69, 9.17) is 14.2 Å². The molecule has 0 fully saturated rings. The Morgan fingerprint density at radius 2 is 2.08 bits per heavy atom. The molecule has 0 amide bonds. The molecule has 0 aliphatic carbocycles. The third kappa shape index (κ3) is 2.50. The summed E-state index contributed by atoms with van der Waals surface area (Å²) >= 11 is 0. The number of fused-ring (bicyclic) bond motifs is 2. The highest BCUT2D eigenvalue weighted by Crippen LogP contribution is 2.52. The third-order valence-corrected chi connectivity index (χ3v) is 5.07. The van der Waals surface area contributed by atoms with E-state index in [-0.39, 0.29) is 18.8 Å². The van der Waals surface area contributed by atoms with Gasteiger partial charge in [-0.1, -0.05) is 30.3 Å². The van der Waals surface area contributed by atoms with Gasteiger partial charge in [-0.05, 0) is 30.7 Å². The van der Waals surface area contributed by atoms with E-state index in [1.165, 1.54) is 5.56 Å². The molecule has 4 rings (SSSR count). The molecule has 0 aromatic heterocycles. The van der Waals surface area contributed by atoms with Crippen LogP contribution < -0.4 is 14.2 Å². The van der Waals surface area contributed by atoms with Gasteiger partial charge in [0.1, 0.15) is 0 Å². The number of likely N-dealkylation sites (N-methyl/N-ethyl adjacent to an activating group) is 1. The predicted octanol–water partition coefficient (Wildman–Crippen LogP) is 3.26. The molecule has 0 saturated heterocycles. The van der Waals surface area contributed by atoms with Gasteiger partial charge in [0.25, 0.3) is 0 Å². The summed E-state index contributed by atoms with van der Waals surface area (Å²) in [6.45, 7) is 1.08. The Balaban J connectivity index is 1.89. The number of hydrogen-bond donors (Lipinski definition) is 0. The Kier molecular flexibility index (Phi) is 3.98. The second-order valence-corrected chi connectivity index (χ2v) is 6.41. The van der Waals surface area contributed by atoms with E-state index < -0.39 is 0 Å². The third-order valence-electron chi connectivity index (χ3n) is 5.07. The van der Waals surface area contributed by atoms with Crippen LogP contribution >= 0.6 is 0 Å². The minimum atomic E-state index is -0.292. The summed E-state index contributed by atoms with van der Waals surface area (Å²) in [5.41, 5.74) is 3.21. The Morgan fingerprint density at radius 1 is 1.28 bits per heavy atom. The minimum absolute atomic E-state index is 0.0967. The van der Waals surface area contributed by atoms with E-state index in [0.717, 1.165) is 29.8 Å². The van der Waals surface area contributed by atoms with Crippen LogP contribution in [-0.2, 0) is 6.42 Å². The van der Waals surface area contributed by atoms with Crippen molar-refractivity contribution < 1.29 is 14.2 Å². The molecule has 2 aromatic rings. The van der Waals surface area contributed by atoms with Crippen LogP contribution in [0, 0.1) is 11.3 Å². The van der Waals surface area contributed by atoms with Crippen LogP contribution in [0.3, 0.4) is 0 Å². The van der Waals surface area contributed by atoms with E-state index in [1.807, 2.05) is 36.4 Å². The highest BCUT2D eigenvalue weighted by atomic mass is 16.7. The van der Waals surface area contributed by atoms with E-state index >= 15 is 0 Å². The summed E-state index contributed by atoms with van der Waals surface area (Å²) in [6, 6.07) is 14.4. The molecule has 128 valence electrons. The largest absolute Gasteiger partial charge is 0.492 e. The lowest BCUT2D eigenvalue weighted by Gasteiger charge is -2.38. The van der Waals surface area contributed by atoms with Crippen molar-refractivity contribution in [1.29, 1.82) is 5.26 Å². The molecule has 2 aromatic carbocycles. The average Bonchev–Trinajstić information content (AvgIpc) is 3.11. The molecule has 0 bridgehead atoms. The van der Waals surface area contributed by atoms with Crippen molar-refractivity contribution in [2.45, 2.75) is 18.4 Å². The van der Waals surface area contributed by atoms with Crippen LogP contribution in [0.1, 0.15) is 28.7 Å². The molecule has 2 heterocycles. The highest BCUT2D eigenvalue weighted by Gasteiger charge is 2.38. The number of nitrogens with zero attached hydrogens (tertiary/aromatic N) is 2. The van der Waals surface area contributed by atoms with E-state index in [2.05, 4.69) is 18.0 Å². The molecule has 0 spiro atoms. The van der Waals surface area contributed by atoms with E-state index in [0.29, 0.717) is 11.5 Å². The number of benzene rings is 2. The molecule has 2 aliphatic heterocycles. The van der Waals surface area contributed by atoms with Crippen LogP contribution in [0.2, 0.25) is 0 Å². The Bertz CT molecular complexity index is 829. The number of ether oxygens (including phenoxy) is 3. The summed E-state index contributed by atoms with van der Waals surface area (Å²) in [5.74, 6) is 1.77. The molecular weight excluding hydrogens is 316 g/mol. The second-order valence-electron chi connectivity index (χ2n) is 6.41. The SMILES string of the molecule is COc1c2c(cc3c1C(C(C#N)c1ccccc1)N(C)CC3)OCO2. The lowest BCUT2D eigenvalue weighted by Crippen LogP contribution is -2.36. The molecule has 5 nitrogen and oxygen atoms in total. The van der Waals surface area contributed by atoms with Gasteiger partial charge in [-0.2, -0.15) is 5.26 Å². The standard InChI is InChI=1S/C20H20N2O3/c1-22-9-8-14-10-16-19(25-12-24-16)20(23-2)17(14)18(22)15(11-21)13-6-4-3-5-7-13/h3-7,10,15,18H,8-9,12H2,1-2H3. The van der Waals surface area contributed by atoms with Crippen molar-refractivity contribution in [3.8, 4) is 23.3 Å². The number of rotatable bonds is 3. The number of nitriles is 1. The summed E-state index contributed by atoms with van der Waals surface area (Å²) < 4.78 is 16.9. The maximum absolute atomic E-state index is 9.96. The number of hydrogen-bond acceptors (Lipinski definition) is 5. The second kappa shape index (κ2) is 6.30. The molecule has 5 heteroatoms. The monoisotopic (exact) mass is 336 g/mol. The quantitative estimate of drug-likeness (QED) is 0.861. The molecule has 0 radical (unpaired) electrons. The summed E-state index contributed by atoms with van der Waals surface area (Å²) in [7, 11) is 3.71. The van der Waals surface area contributed by atoms with Gasteiger partial charge in [0.05, 0.1) is 25.1 Å².